The van der Waals surface area contributed by atoms with Crippen LogP contribution in [0.4, 0.5) is 14.5 Å². The summed E-state index contributed by atoms with van der Waals surface area (Å²) in [7, 11) is 0. The zero-order valence-electron chi connectivity index (χ0n) is 14.5. The third kappa shape index (κ3) is 3.65. The van der Waals surface area contributed by atoms with Crippen molar-refractivity contribution in [1.82, 2.24) is 4.90 Å². The summed E-state index contributed by atoms with van der Waals surface area (Å²) in [6.45, 7) is 0.367. The average Bonchev–Trinajstić information content (AvgIpc) is 2.61. The van der Waals surface area contributed by atoms with E-state index in [1.54, 1.807) is 6.07 Å². The van der Waals surface area contributed by atoms with Crippen LogP contribution in [0.3, 0.4) is 0 Å². The van der Waals surface area contributed by atoms with Crippen LogP contribution < -0.4 is 10.1 Å². The Morgan fingerprint density at radius 3 is 2.79 bits per heavy atom. The molecule has 0 aliphatic carbocycles. The Labute approximate surface area is 164 Å². The molecular weight excluding hydrogens is 394 g/mol. The van der Waals surface area contributed by atoms with Gasteiger partial charge < -0.3 is 19.7 Å². The van der Waals surface area contributed by atoms with Crippen LogP contribution in [-0.2, 0) is 16.1 Å². The first-order valence-electron chi connectivity index (χ1n) is 8.51. The number of benzene rings is 2. The first kappa shape index (κ1) is 18.6. The summed E-state index contributed by atoms with van der Waals surface area (Å²) in [5.74, 6) is -1.89. The molecule has 146 valence electrons. The number of fused-ring (bicyclic) bond motifs is 1. The largest absolute Gasteiger partial charge is 0.481 e. The monoisotopic (exact) mass is 408 g/mol. The van der Waals surface area contributed by atoms with Gasteiger partial charge in [-0.3, -0.25) is 9.59 Å². The van der Waals surface area contributed by atoms with Crippen molar-refractivity contribution in [1.29, 1.82) is 0 Å². The number of hydrogen-bond acceptors (Lipinski definition) is 4. The summed E-state index contributed by atoms with van der Waals surface area (Å²) in [4.78, 5) is 25.3. The molecule has 0 aromatic heterocycles. The minimum atomic E-state index is -0.729. The molecule has 2 aliphatic rings. The maximum atomic E-state index is 14.3. The van der Waals surface area contributed by atoms with E-state index in [0.717, 1.165) is 6.07 Å². The van der Waals surface area contributed by atoms with Crippen molar-refractivity contribution in [2.75, 3.05) is 25.0 Å². The third-order valence-electron chi connectivity index (χ3n) is 4.56. The van der Waals surface area contributed by atoms with Crippen LogP contribution >= 0.6 is 11.6 Å². The molecule has 2 aromatic carbocycles. The predicted molar refractivity (Wildman–Crippen MR) is 96.4 cm³/mol. The molecule has 0 saturated carbocycles. The fourth-order valence-electron chi connectivity index (χ4n) is 2.99. The molecule has 2 heterocycles. The number of anilines is 1. The van der Waals surface area contributed by atoms with Gasteiger partial charge in [0.2, 0.25) is 0 Å². The number of hydrogen-bond donors (Lipinski definition) is 1. The molecule has 2 aliphatic heterocycles. The van der Waals surface area contributed by atoms with E-state index in [1.165, 1.54) is 23.1 Å². The van der Waals surface area contributed by atoms with Crippen LogP contribution in [0.2, 0.25) is 5.02 Å². The van der Waals surface area contributed by atoms with Gasteiger partial charge >= 0.3 is 0 Å². The second kappa shape index (κ2) is 7.37. The van der Waals surface area contributed by atoms with Crippen molar-refractivity contribution in [2.24, 2.45) is 0 Å². The molecule has 0 atom stereocenters. The average molecular weight is 409 g/mol. The molecule has 2 amide bonds. The number of ether oxygens (including phenoxy) is 2. The number of nitrogens with one attached hydrogen (secondary N) is 1. The predicted octanol–water partition coefficient (Wildman–Crippen LogP) is 2.99. The molecular formula is C19H15ClF2N2O4. The van der Waals surface area contributed by atoms with Crippen molar-refractivity contribution < 1.29 is 27.8 Å². The number of amides is 2. The zero-order chi connectivity index (χ0) is 19.8. The molecule has 1 fully saturated rings. The Balaban J connectivity index is 1.36. The number of nitrogens with zero attached hydrogens (tertiary/aromatic N) is 1. The second-order valence-corrected chi connectivity index (χ2v) is 6.98. The summed E-state index contributed by atoms with van der Waals surface area (Å²) in [6, 6.07) is 6.66. The fraction of sp³-hybridized carbons (Fsp3) is 0.263. The normalized spacial score (nSPS) is 16.1. The summed E-state index contributed by atoms with van der Waals surface area (Å²) < 4.78 is 38.7. The van der Waals surface area contributed by atoms with Crippen LogP contribution in [0.25, 0.3) is 0 Å². The van der Waals surface area contributed by atoms with Gasteiger partial charge in [0.1, 0.15) is 17.4 Å². The Bertz CT molecular complexity index is 963. The maximum absolute atomic E-state index is 14.3. The highest BCUT2D eigenvalue weighted by molar-refractivity contribution is 6.30. The summed E-state index contributed by atoms with van der Waals surface area (Å²) in [5.41, 5.74) is 0.463. The van der Waals surface area contributed by atoms with E-state index in [-0.39, 0.29) is 55.3 Å². The lowest BCUT2D eigenvalue weighted by atomic mass is 10.1. The van der Waals surface area contributed by atoms with Crippen LogP contribution in [-0.4, -0.2) is 42.5 Å². The lowest BCUT2D eigenvalue weighted by Gasteiger charge is -2.39. The van der Waals surface area contributed by atoms with Gasteiger partial charge in [-0.1, -0.05) is 17.7 Å². The number of rotatable bonds is 4. The van der Waals surface area contributed by atoms with Gasteiger partial charge in [-0.25, -0.2) is 8.78 Å². The highest BCUT2D eigenvalue weighted by atomic mass is 35.5. The highest BCUT2D eigenvalue weighted by Gasteiger charge is 2.34. The van der Waals surface area contributed by atoms with E-state index in [9.17, 15) is 18.4 Å². The molecule has 1 N–H and O–H groups in total. The minimum absolute atomic E-state index is 0.0479. The Morgan fingerprint density at radius 1 is 1.25 bits per heavy atom. The van der Waals surface area contributed by atoms with Gasteiger partial charge in [0.25, 0.3) is 11.8 Å². The van der Waals surface area contributed by atoms with Crippen LogP contribution in [0, 0.1) is 11.6 Å². The molecule has 0 radical (unpaired) electrons. The molecule has 9 heteroatoms. The smallest absolute Gasteiger partial charge is 0.262 e. The van der Waals surface area contributed by atoms with Crippen molar-refractivity contribution in [3.8, 4) is 5.75 Å². The van der Waals surface area contributed by atoms with Gasteiger partial charge in [-0.2, -0.15) is 0 Å². The minimum Gasteiger partial charge on any atom is -0.481 e. The van der Waals surface area contributed by atoms with Gasteiger partial charge in [0, 0.05) is 29.7 Å². The number of likely N-dealkylation sites (tertiary alicyclic amines) is 1. The SMILES string of the molecule is O=C1COc2cc(F)c(C(=O)N3CC(OCc4ccc(Cl)cc4F)C3)cc2N1. The Hall–Kier alpha value is -2.71. The fourth-order valence-corrected chi connectivity index (χ4v) is 3.15. The quantitative estimate of drug-likeness (QED) is 0.844. The van der Waals surface area contributed by atoms with Crippen LogP contribution in [0.15, 0.2) is 30.3 Å². The van der Waals surface area contributed by atoms with E-state index in [1.807, 2.05) is 0 Å². The van der Waals surface area contributed by atoms with E-state index in [0.29, 0.717) is 10.6 Å². The lowest BCUT2D eigenvalue weighted by molar-refractivity contribution is -0.118. The van der Waals surface area contributed by atoms with E-state index in [4.69, 9.17) is 21.1 Å². The number of halogens is 3. The van der Waals surface area contributed by atoms with Crippen LogP contribution in [0.5, 0.6) is 5.75 Å². The second-order valence-electron chi connectivity index (χ2n) is 6.54. The number of carbonyl (C=O) groups excluding carboxylic acids is 2. The van der Waals surface area contributed by atoms with Gasteiger partial charge in [0.05, 0.1) is 24.0 Å². The van der Waals surface area contributed by atoms with Crippen molar-refractivity contribution in [3.05, 3.63) is 58.1 Å². The maximum Gasteiger partial charge on any atom is 0.262 e. The molecule has 1 saturated heterocycles. The first-order valence-corrected chi connectivity index (χ1v) is 8.89. The Morgan fingerprint density at radius 2 is 2.04 bits per heavy atom. The van der Waals surface area contributed by atoms with E-state index >= 15 is 0 Å². The van der Waals surface area contributed by atoms with Crippen LogP contribution in [0.1, 0.15) is 15.9 Å². The Kier molecular flexibility index (Phi) is 4.91. The molecule has 4 rings (SSSR count). The molecule has 0 spiro atoms. The summed E-state index contributed by atoms with van der Waals surface area (Å²) in [6.07, 6.45) is -0.275. The van der Waals surface area contributed by atoms with Crippen molar-refractivity contribution in [3.63, 3.8) is 0 Å². The topological polar surface area (TPSA) is 67.9 Å². The standard InChI is InChI=1S/C19H15ClF2N2O4/c20-11-2-1-10(14(21)3-11)8-27-12-6-24(7-12)19(26)13-4-16-17(5-15(13)22)28-9-18(25)23-16/h1-5,12H,6-9H2,(H,23,25). The summed E-state index contributed by atoms with van der Waals surface area (Å²) in [5, 5.41) is 2.84. The third-order valence-corrected chi connectivity index (χ3v) is 4.79. The molecule has 28 heavy (non-hydrogen) atoms. The molecule has 0 bridgehead atoms. The zero-order valence-corrected chi connectivity index (χ0v) is 15.3. The summed E-state index contributed by atoms with van der Waals surface area (Å²) >= 11 is 5.71. The highest BCUT2D eigenvalue weighted by Crippen LogP contribution is 2.31. The molecule has 2 aromatic rings. The van der Waals surface area contributed by atoms with E-state index in [2.05, 4.69) is 5.32 Å². The van der Waals surface area contributed by atoms with Gasteiger partial charge in [-0.05, 0) is 18.2 Å². The van der Waals surface area contributed by atoms with Gasteiger partial charge in [-0.15, -0.1) is 0 Å². The first-order chi connectivity index (χ1) is 13.4. The molecule has 0 unspecified atom stereocenters. The van der Waals surface area contributed by atoms with E-state index < -0.39 is 17.5 Å². The molecule has 6 nitrogen and oxygen atoms in total. The van der Waals surface area contributed by atoms with Crippen molar-refractivity contribution in [2.45, 2.75) is 12.7 Å². The van der Waals surface area contributed by atoms with Gasteiger partial charge in [0.15, 0.2) is 6.61 Å². The lowest BCUT2D eigenvalue weighted by Crippen LogP contribution is -2.54. The van der Waals surface area contributed by atoms with Crippen molar-refractivity contribution >= 4 is 29.1 Å². The number of carbonyl (C=O) groups is 2.